The number of carbonyl (C=O) groups excluding carboxylic acids is 2. The SMILES string of the molecule is CCOc1cccc(F)c1CN1CCN(C(=O)[C@H](NC(=O)OCc2ccccc2)C2CCN(CCc3cscc3-c3ccccc3)CC2)CC1. The summed E-state index contributed by atoms with van der Waals surface area (Å²) >= 11 is 1.74. The van der Waals surface area contributed by atoms with Crippen LogP contribution in [0.2, 0.25) is 0 Å². The number of nitrogens with zero attached hydrogens (tertiary/aromatic N) is 3. The Morgan fingerprint density at radius 1 is 0.880 bits per heavy atom. The quantitative estimate of drug-likeness (QED) is 0.165. The molecule has 1 atom stereocenters. The van der Waals surface area contributed by atoms with Gasteiger partial charge in [0.2, 0.25) is 5.91 Å². The van der Waals surface area contributed by atoms with E-state index in [4.69, 9.17) is 9.47 Å². The Hall–Kier alpha value is -4.25. The molecule has 0 radical (unpaired) electrons. The number of likely N-dealkylation sites (tertiary alicyclic amines) is 1. The fourth-order valence-electron chi connectivity index (χ4n) is 6.98. The van der Waals surface area contributed by atoms with Gasteiger partial charge in [-0.2, -0.15) is 11.3 Å². The number of piperazine rings is 1. The standard InChI is InChI=1S/C40H47FN4O4S/c1-2-48-37-15-9-14-36(41)34(37)26-44-22-24-45(25-23-44)39(46)38(42-40(47)49-27-30-10-5-3-6-11-30)32-16-19-43(20-17-32)21-18-33-28-50-29-35(33)31-12-7-4-8-13-31/h3-15,28-29,32,38H,2,16-27H2,1H3,(H,42,47)/t38-/m1/s1. The Kier molecular flexibility index (Phi) is 12.5. The number of halogens is 1. The summed E-state index contributed by atoms with van der Waals surface area (Å²) < 4.78 is 26.0. The normalized spacial score (nSPS) is 16.6. The molecule has 0 saturated carbocycles. The van der Waals surface area contributed by atoms with E-state index in [0.29, 0.717) is 50.6 Å². The third-order valence-corrected chi connectivity index (χ3v) is 10.6. The predicted molar refractivity (Wildman–Crippen MR) is 196 cm³/mol. The molecule has 10 heteroatoms. The second-order valence-corrected chi connectivity index (χ2v) is 13.8. The van der Waals surface area contributed by atoms with Crippen LogP contribution in [0.15, 0.2) is 89.6 Å². The molecule has 2 fully saturated rings. The first kappa shape index (κ1) is 35.6. The Bertz CT molecular complexity index is 1670. The lowest BCUT2D eigenvalue weighted by Gasteiger charge is -2.40. The summed E-state index contributed by atoms with van der Waals surface area (Å²) in [5.41, 5.74) is 5.34. The molecule has 6 rings (SSSR count). The number of hydrogen-bond donors (Lipinski definition) is 1. The highest BCUT2D eigenvalue weighted by Gasteiger charge is 2.37. The van der Waals surface area contributed by atoms with Gasteiger partial charge in [-0.25, -0.2) is 9.18 Å². The van der Waals surface area contributed by atoms with Crippen molar-refractivity contribution in [2.75, 3.05) is 52.4 Å². The Balaban J connectivity index is 1.06. The van der Waals surface area contributed by atoms with Crippen LogP contribution in [0.3, 0.4) is 0 Å². The number of alkyl carbamates (subject to hydrolysis) is 1. The van der Waals surface area contributed by atoms with Gasteiger partial charge in [-0.15, -0.1) is 0 Å². The highest BCUT2D eigenvalue weighted by Crippen LogP contribution is 2.29. The number of carbonyl (C=O) groups is 2. The van der Waals surface area contributed by atoms with Gasteiger partial charge in [-0.3, -0.25) is 9.69 Å². The van der Waals surface area contributed by atoms with Gasteiger partial charge in [0.15, 0.2) is 0 Å². The van der Waals surface area contributed by atoms with E-state index in [2.05, 4.69) is 50.1 Å². The minimum Gasteiger partial charge on any atom is -0.493 e. The number of amides is 2. The molecule has 2 saturated heterocycles. The lowest BCUT2D eigenvalue weighted by molar-refractivity contribution is -0.137. The van der Waals surface area contributed by atoms with E-state index in [1.807, 2.05) is 48.2 Å². The van der Waals surface area contributed by atoms with Crippen LogP contribution < -0.4 is 10.1 Å². The van der Waals surface area contributed by atoms with Crippen molar-refractivity contribution in [3.05, 3.63) is 112 Å². The zero-order valence-corrected chi connectivity index (χ0v) is 29.6. The number of thiophene rings is 1. The zero-order chi connectivity index (χ0) is 34.7. The molecule has 1 aromatic heterocycles. The van der Waals surface area contributed by atoms with Crippen molar-refractivity contribution in [3.8, 4) is 16.9 Å². The van der Waals surface area contributed by atoms with E-state index < -0.39 is 12.1 Å². The van der Waals surface area contributed by atoms with E-state index >= 15 is 0 Å². The Morgan fingerprint density at radius 2 is 1.60 bits per heavy atom. The fourth-order valence-corrected chi connectivity index (χ4v) is 7.88. The van der Waals surface area contributed by atoms with E-state index in [1.54, 1.807) is 23.5 Å². The van der Waals surface area contributed by atoms with E-state index in [0.717, 1.165) is 44.5 Å². The van der Waals surface area contributed by atoms with E-state index in [1.165, 1.54) is 22.8 Å². The molecule has 8 nitrogen and oxygen atoms in total. The summed E-state index contributed by atoms with van der Waals surface area (Å²) in [6.45, 7) is 7.76. The number of ether oxygens (including phenoxy) is 2. The van der Waals surface area contributed by atoms with Gasteiger partial charge in [-0.05, 0) is 90.3 Å². The second-order valence-electron chi connectivity index (χ2n) is 13.0. The van der Waals surface area contributed by atoms with Gasteiger partial charge < -0.3 is 24.6 Å². The highest BCUT2D eigenvalue weighted by molar-refractivity contribution is 7.08. The van der Waals surface area contributed by atoms with Crippen molar-refractivity contribution in [1.82, 2.24) is 20.0 Å². The number of piperidine rings is 1. The van der Waals surface area contributed by atoms with Crippen LogP contribution in [0.25, 0.3) is 11.1 Å². The smallest absolute Gasteiger partial charge is 0.408 e. The van der Waals surface area contributed by atoms with Crippen molar-refractivity contribution in [2.45, 2.75) is 45.4 Å². The minimum atomic E-state index is -0.676. The molecule has 2 aliphatic heterocycles. The first-order valence-electron chi connectivity index (χ1n) is 17.7. The average molecular weight is 699 g/mol. The van der Waals surface area contributed by atoms with Gasteiger partial charge in [0.05, 0.1) is 6.61 Å². The van der Waals surface area contributed by atoms with Crippen LogP contribution in [0.5, 0.6) is 5.75 Å². The van der Waals surface area contributed by atoms with Crippen molar-refractivity contribution < 1.29 is 23.5 Å². The molecular weight excluding hydrogens is 652 g/mol. The average Bonchev–Trinajstić information content (AvgIpc) is 3.63. The molecule has 0 unspecified atom stereocenters. The Labute approximate surface area is 298 Å². The number of nitrogens with one attached hydrogen (secondary N) is 1. The molecule has 4 aromatic rings. The van der Waals surface area contributed by atoms with Gasteiger partial charge in [0.1, 0.15) is 24.2 Å². The first-order chi connectivity index (χ1) is 24.5. The first-order valence-corrected chi connectivity index (χ1v) is 18.6. The van der Waals surface area contributed by atoms with Crippen molar-refractivity contribution in [3.63, 3.8) is 0 Å². The molecule has 2 aliphatic rings. The monoisotopic (exact) mass is 698 g/mol. The molecule has 3 aromatic carbocycles. The van der Waals surface area contributed by atoms with Gasteiger partial charge in [0, 0.05) is 44.8 Å². The molecule has 0 spiro atoms. The molecule has 0 aliphatic carbocycles. The number of hydrogen-bond acceptors (Lipinski definition) is 7. The third-order valence-electron chi connectivity index (χ3n) is 9.82. The molecule has 50 heavy (non-hydrogen) atoms. The predicted octanol–water partition coefficient (Wildman–Crippen LogP) is 6.85. The summed E-state index contributed by atoms with van der Waals surface area (Å²) in [5.74, 6) is 0.189. The van der Waals surface area contributed by atoms with Gasteiger partial charge in [0.25, 0.3) is 0 Å². The third kappa shape index (κ3) is 9.29. The van der Waals surface area contributed by atoms with Crippen LogP contribution in [-0.2, 0) is 29.1 Å². The molecule has 264 valence electrons. The molecule has 0 bridgehead atoms. The van der Waals surface area contributed by atoms with Gasteiger partial charge >= 0.3 is 6.09 Å². The number of benzene rings is 3. The maximum absolute atomic E-state index is 14.7. The molecule has 3 heterocycles. The molecule has 2 amide bonds. The lowest BCUT2D eigenvalue weighted by atomic mass is 9.88. The van der Waals surface area contributed by atoms with Crippen molar-refractivity contribution in [1.29, 1.82) is 0 Å². The Morgan fingerprint density at radius 3 is 2.32 bits per heavy atom. The number of rotatable bonds is 13. The zero-order valence-electron chi connectivity index (χ0n) is 28.8. The summed E-state index contributed by atoms with van der Waals surface area (Å²) in [4.78, 5) is 33.7. The summed E-state index contributed by atoms with van der Waals surface area (Å²) in [5, 5.41) is 7.46. The molecule has 1 N–H and O–H groups in total. The topological polar surface area (TPSA) is 74.3 Å². The van der Waals surface area contributed by atoms with Crippen LogP contribution in [0.1, 0.15) is 36.5 Å². The van der Waals surface area contributed by atoms with E-state index in [9.17, 15) is 14.0 Å². The van der Waals surface area contributed by atoms with Crippen molar-refractivity contribution in [2.24, 2.45) is 5.92 Å². The second kappa shape index (κ2) is 17.6. The van der Waals surface area contributed by atoms with Crippen molar-refractivity contribution >= 4 is 23.3 Å². The van der Waals surface area contributed by atoms with Crippen LogP contribution in [0, 0.1) is 11.7 Å². The minimum absolute atomic E-state index is 0.00533. The molecular formula is C40H47FN4O4S. The van der Waals surface area contributed by atoms with Crippen LogP contribution in [0.4, 0.5) is 9.18 Å². The summed E-state index contributed by atoms with van der Waals surface area (Å²) in [7, 11) is 0. The lowest BCUT2D eigenvalue weighted by Crippen LogP contribution is -2.58. The maximum atomic E-state index is 14.7. The fraction of sp³-hybridized carbons (Fsp3) is 0.400. The largest absolute Gasteiger partial charge is 0.493 e. The van der Waals surface area contributed by atoms with Crippen LogP contribution >= 0.6 is 11.3 Å². The highest BCUT2D eigenvalue weighted by atomic mass is 32.1. The van der Waals surface area contributed by atoms with E-state index in [-0.39, 0.29) is 24.2 Å². The van der Waals surface area contributed by atoms with Crippen LogP contribution in [-0.4, -0.2) is 85.2 Å². The maximum Gasteiger partial charge on any atom is 0.408 e. The summed E-state index contributed by atoms with van der Waals surface area (Å²) in [6, 6.07) is 24.3. The van der Waals surface area contributed by atoms with Gasteiger partial charge in [-0.1, -0.05) is 66.7 Å². The summed E-state index contributed by atoms with van der Waals surface area (Å²) in [6.07, 6.45) is 1.99.